The van der Waals surface area contributed by atoms with Gasteiger partial charge in [0.25, 0.3) is 5.91 Å². The lowest BCUT2D eigenvalue weighted by atomic mass is 9.79. The lowest BCUT2D eigenvalue weighted by Crippen LogP contribution is -2.44. The number of hydrogen-bond acceptors (Lipinski definition) is 8. The van der Waals surface area contributed by atoms with Gasteiger partial charge < -0.3 is 18.5 Å². The van der Waals surface area contributed by atoms with Crippen LogP contribution in [0.25, 0.3) is 0 Å². The van der Waals surface area contributed by atoms with E-state index >= 15 is 0 Å². The predicted molar refractivity (Wildman–Crippen MR) is 102 cm³/mol. The molecule has 9 nitrogen and oxygen atoms in total. The minimum absolute atomic E-state index is 0.116. The lowest BCUT2D eigenvalue weighted by molar-refractivity contribution is 0.0658. The van der Waals surface area contributed by atoms with Gasteiger partial charge in [0.1, 0.15) is 11.5 Å². The molecule has 3 aromatic rings. The van der Waals surface area contributed by atoms with Crippen molar-refractivity contribution in [3.05, 3.63) is 45.8 Å². The van der Waals surface area contributed by atoms with Gasteiger partial charge in [-0.05, 0) is 33.6 Å². The third kappa shape index (κ3) is 3.45. The van der Waals surface area contributed by atoms with E-state index in [2.05, 4.69) is 27.4 Å². The average Bonchev–Trinajstić information content (AvgIpc) is 3.38. The number of aromatic nitrogens is 4. The highest BCUT2D eigenvalue weighted by Crippen LogP contribution is 2.34. The zero-order valence-corrected chi connectivity index (χ0v) is 17.4. The van der Waals surface area contributed by atoms with E-state index < -0.39 is 0 Å². The molecule has 9 heteroatoms. The molecule has 0 atom stereocenters. The van der Waals surface area contributed by atoms with E-state index in [-0.39, 0.29) is 11.3 Å². The quantitative estimate of drug-likeness (QED) is 0.658. The topological polar surface area (TPSA) is 111 Å². The fourth-order valence-corrected chi connectivity index (χ4v) is 3.82. The fraction of sp³-hybridized carbons (Fsp3) is 0.550. The molecule has 1 fully saturated rings. The second-order valence-electron chi connectivity index (χ2n) is 8.04. The van der Waals surface area contributed by atoms with Gasteiger partial charge in [-0.2, -0.15) is 4.98 Å². The molecule has 0 unspecified atom stereocenters. The normalized spacial score (nSPS) is 16.4. The number of rotatable bonds is 4. The number of hydrogen-bond donors (Lipinski definition) is 0. The van der Waals surface area contributed by atoms with Crippen molar-refractivity contribution in [2.24, 2.45) is 0 Å². The monoisotopic (exact) mass is 399 g/mol. The van der Waals surface area contributed by atoms with Crippen molar-refractivity contribution in [2.75, 3.05) is 13.1 Å². The maximum absolute atomic E-state index is 13.2. The summed E-state index contributed by atoms with van der Waals surface area (Å²) in [6.07, 6.45) is 2.02. The zero-order chi connectivity index (χ0) is 20.8. The number of nitrogens with zero attached hydrogens (tertiary/aromatic N) is 5. The molecule has 0 N–H and O–H groups in total. The summed E-state index contributed by atoms with van der Waals surface area (Å²) in [5, 5.41) is 12.2. The number of carbonyl (C=O) groups excluding carboxylic acids is 1. The largest absolute Gasteiger partial charge is 0.361 e. The summed E-state index contributed by atoms with van der Waals surface area (Å²) in [5.74, 6) is 2.53. The van der Waals surface area contributed by atoms with Crippen LogP contribution in [0.2, 0.25) is 0 Å². The third-order valence-electron chi connectivity index (χ3n) is 5.94. The van der Waals surface area contributed by atoms with Crippen LogP contribution in [0.5, 0.6) is 0 Å². The van der Waals surface area contributed by atoms with E-state index in [4.69, 9.17) is 13.6 Å². The zero-order valence-electron chi connectivity index (χ0n) is 17.4. The van der Waals surface area contributed by atoms with E-state index in [1.807, 2.05) is 25.7 Å². The Hall–Kier alpha value is -2.97. The van der Waals surface area contributed by atoms with Crippen molar-refractivity contribution in [1.29, 1.82) is 0 Å². The Labute approximate surface area is 168 Å². The van der Waals surface area contributed by atoms with Gasteiger partial charge in [0, 0.05) is 43.0 Å². The highest BCUT2D eigenvalue weighted by Gasteiger charge is 2.38. The first-order valence-electron chi connectivity index (χ1n) is 9.75. The molecule has 4 rings (SSSR count). The summed E-state index contributed by atoms with van der Waals surface area (Å²) in [5.41, 5.74) is 2.72. The van der Waals surface area contributed by atoms with Crippen molar-refractivity contribution in [2.45, 2.75) is 59.3 Å². The van der Waals surface area contributed by atoms with Crippen molar-refractivity contribution >= 4 is 5.91 Å². The summed E-state index contributed by atoms with van der Waals surface area (Å²) in [7, 11) is 0. The van der Waals surface area contributed by atoms with Crippen LogP contribution in [0.1, 0.15) is 70.3 Å². The van der Waals surface area contributed by atoms with E-state index in [1.54, 1.807) is 6.92 Å². The molecule has 4 heterocycles. The van der Waals surface area contributed by atoms with E-state index in [0.29, 0.717) is 42.7 Å². The molecule has 0 aromatic carbocycles. The molecule has 0 bridgehead atoms. The van der Waals surface area contributed by atoms with E-state index in [0.717, 1.165) is 35.4 Å². The number of carbonyl (C=O) groups is 1. The second-order valence-corrected chi connectivity index (χ2v) is 8.04. The van der Waals surface area contributed by atoms with Crippen molar-refractivity contribution in [1.82, 2.24) is 25.4 Å². The molecule has 0 radical (unpaired) electrons. The first-order chi connectivity index (χ1) is 13.8. The Morgan fingerprint density at radius 2 is 1.62 bits per heavy atom. The van der Waals surface area contributed by atoms with Crippen LogP contribution in [0, 0.1) is 27.7 Å². The first kappa shape index (κ1) is 19.4. The molecule has 0 saturated carbocycles. The van der Waals surface area contributed by atoms with Gasteiger partial charge in [-0.15, -0.1) is 0 Å². The molecule has 154 valence electrons. The van der Waals surface area contributed by atoms with Gasteiger partial charge in [-0.25, -0.2) is 0 Å². The maximum atomic E-state index is 13.2. The molecule has 0 aliphatic carbocycles. The van der Waals surface area contributed by atoms with Crippen LogP contribution in [-0.4, -0.2) is 44.4 Å². The molecule has 3 aromatic heterocycles. The molecular weight excluding hydrogens is 374 g/mol. The maximum Gasteiger partial charge on any atom is 0.276 e. The Bertz CT molecular complexity index is 1020. The van der Waals surface area contributed by atoms with E-state index in [1.165, 1.54) is 0 Å². The predicted octanol–water partition coefficient (Wildman–Crippen LogP) is 3.06. The number of amides is 1. The Morgan fingerprint density at radius 3 is 2.21 bits per heavy atom. The number of aryl methyl sites for hydroxylation is 4. The van der Waals surface area contributed by atoms with Gasteiger partial charge >= 0.3 is 0 Å². The lowest BCUT2D eigenvalue weighted by Gasteiger charge is -2.37. The van der Waals surface area contributed by atoms with Gasteiger partial charge in [0.2, 0.25) is 5.89 Å². The Morgan fingerprint density at radius 1 is 0.966 bits per heavy atom. The number of piperidine rings is 1. The van der Waals surface area contributed by atoms with Crippen molar-refractivity contribution in [3.8, 4) is 0 Å². The summed E-state index contributed by atoms with van der Waals surface area (Å²) < 4.78 is 15.8. The van der Waals surface area contributed by atoms with Crippen LogP contribution >= 0.6 is 0 Å². The average molecular weight is 399 g/mol. The Balaban J connectivity index is 1.51. The van der Waals surface area contributed by atoms with Crippen LogP contribution in [-0.2, 0) is 11.8 Å². The standard InChI is InChI=1S/C20H25N5O4/c1-11-15(12(2)27-22-11)10-16-13(3)28-23-17(16)18(26)25-8-6-20(5,7-9-25)19-21-14(4)29-24-19/h6-10H2,1-5H3. The van der Waals surface area contributed by atoms with Crippen LogP contribution in [0.4, 0.5) is 0 Å². The fourth-order valence-electron chi connectivity index (χ4n) is 3.82. The van der Waals surface area contributed by atoms with Gasteiger partial charge in [0.15, 0.2) is 11.5 Å². The first-order valence-corrected chi connectivity index (χ1v) is 9.75. The van der Waals surface area contributed by atoms with Crippen LogP contribution in [0.15, 0.2) is 13.6 Å². The van der Waals surface area contributed by atoms with Crippen molar-refractivity contribution in [3.63, 3.8) is 0 Å². The minimum atomic E-state index is -0.201. The molecule has 1 amide bonds. The minimum Gasteiger partial charge on any atom is -0.361 e. The molecule has 1 aliphatic rings. The summed E-state index contributed by atoms with van der Waals surface area (Å²) in [4.78, 5) is 19.4. The molecule has 1 saturated heterocycles. The van der Waals surface area contributed by atoms with Gasteiger partial charge in [-0.3, -0.25) is 4.79 Å². The Kier molecular flexibility index (Phi) is 4.76. The second kappa shape index (κ2) is 7.13. The molecular formula is C20H25N5O4. The third-order valence-corrected chi connectivity index (χ3v) is 5.94. The van der Waals surface area contributed by atoms with Crippen LogP contribution in [0.3, 0.4) is 0 Å². The van der Waals surface area contributed by atoms with Gasteiger partial charge in [0.05, 0.1) is 5.69 Å². The molecule has 1 aliphatic heterocycles. The molecule has 29 heavy (non-hydrogen) atoms. The van der Waals surface area contributed by atoms with Gasteiger partial charge in [-0.1, -0.05) is 22.4 Å². The van der Waals surface area contributed by atoms with E-state index in [9.17, 15) is 4.79 Å². The van der Waals surface area contributed by atoms with Crippen molar-refractivity contribution < 1.29 is 18.4 Å². The smallest absolute Gasteiger partial charge is 0.276 e. The highest BCUT2D eigenvalue weighted by molar-refractivity contribution is 5.94. The number of likely N-dealkylation sites (tertiary alicyclic amines) is 1. The summed E-state index contributed by atoms with van der Waals surface area (Å²) in [6.45, 7) is 10.7. The summed E-state index contributed by atoms with van der Waals surface area (Å²) in [6, 6.07) is 0. The molecule has 0 spiro atoms. The van der Waals surface area contributed by atoms with Crippen LogP contribution < -0.4 is 0 Å². The highest BCUT2D eigenvalue weighted by atomic mass is 16.5. The SMILES string of the molecule is Cc1nc(C2(C)CCN(C(=O)c3noc(C)c3Cc3c(C)noc3C)CC2)no1. The summed E-state index contributed by atoms with van der Waals surface area (Å²) >= 11 is 0.